The van der Waals surface area contributed by atoms with Gasteiger partial charge in [-0.05, 0) is 31.8 Å². The Bertz CT molecular complexity index is 524. The molecular weight excluding hydrogens is 260 g/mol. The highest BCUT2D eigenvalue weighted by molar-refractivity contribution is 6.03. The van der Waals surface area contributed by atoms with Gasteiger partial charge in [0.1, 0.15) is 5.75 Å². The molecule has 2 N–H and O–H groups in total. The minimum absolute atomic E-state index is 0.506. The van der Waals surface area contributed by atoms with Crippen LogP contribution < -0.4 is 10.1 Å². The fraction of sp³-hybridized carbons (Fsp3) is 0.286. The second-order valence-electron chi connectivity index (χ2n) is 4.43. The van der Waals surface area contributed by atoms with E-state index in [1.165, 1.54) is 7.11 Å². The number of nitrogens with one attached hydrogen (secondary N) is 1. The molecule has 0 atom stereocenters. The summed E-state index contributed by atoms with van der Waals surface area (Å²) >= 11 is 0. The van der Waals surface area contributed by atoms with Gasteiger partial charge in [-0.25, -0.2) is 4.79 Å². The molecule has 108 valence electrons. The van der Waals surface area contributed by atoms with E-state index in [1.54, 1.807) is 12.1 Å². The summed E-state index contributed by atoms with van der Waals surface area (Å²) in [6.07, 6.45) is 1.74. The molecule has 1 amide bonds. The van der Waals surface area contributed by atoms with E-state index in [9.17, 15) is 9.59 Å². The highest BCUT2D eigenvalue weighted by Crippen LogP contribution is 2.25. The lowest BCUT2D eigenvalue weighted by Crippen LogP contribution is -2.13. The summed E-state index contributed by atoms with van der Waals surface area (Å²) in [5, 5.41) is 11.1. The molecule has 0 aliphatic heterocycles. The monoisotopic (exact) mass is 278 g/mol. The van der Waals surface area contributed by atoms with Crippen LogP contribution in [0.15, 0.2) is 30.4 Å². The van der Waals surface area contributed by atoms with Gasteiger partial charge in [0.15, 0.2) is 0 Å². The van der Waals surface area contributed by atoms with Crippen LogP contribution in [0.4, 0.5) is 5.69 Å². The van der Waals surface area contributed by atoms with Gasteiger partial charge in [0.2, 0.25) is 5.91 Å². The first-order chi connectivity index (χ1) is 9.42. The second kappa shape index (κ2) is 7.30. The minimum atomic E-state index is -1.17. The molecule has 0 saturated heterocycles. The van der Waals surface area contributed by atoms with Gasteiger partial charge in [-0.3, -0.25) is 4.79 Å². The van der Waals surface area contributed by atoms with Crippen LogP contribution in [-0.4, -0.2) is 43.1 Å². The van der Waals surface area contributed by atoms with E-state index in [0.29, 0.717) is 11.4 Å². The molecule has 1 rings (SSSR count). The molecule has 6 nitrogen and oxygen atoms in total. The SMILES string of the molecule is COc1ccc(CN(C)C)cc1NC(=O)/C=C/C(=O)O. The van der Waals surface area contributed by atoms with Gasteiger partial charge in [0, 0.05) is 18.7 Å². The first-order valence-corrected chi connectivity index (χ1v) is 5.96. The number of carboxylic acids is 1. The minimum Gasteiger partial charge on any atom is -0.495 e. The summed E-state index contributed by atoms with van der Waals surface area (Å²) in [4.78, 5) is 23.9. The first-order valence-electron chi connectivity index (χ1n) is 5.96. The lowest BCUT2D eigenvalue weighted by atomic mass is 10.1. The Morgan fingerprint density at radius 2 is 2.05 bits per heavy atom. The van der Waals surface area contributed by atoms with Gasteiger partial charge in [-0.2, -0.15) is 0 Å². The number of carboxylic acid groups (broad SMARTS) is 1. The van der Waals surface area contributed by atoms with Crippen molar-refractivity contribution in [2.45, 2.75) is 6.54 Å². The molecule has 0 heterocycles. The number of anilines is 1. The zero-order valence-corrected chi connectivity index (χ0v) is 11.7. The third-order valence-electron chi connectivity index (χ3n) is 2.40. The number of hydrogen-bond acceptors (Lipinski definition) is 4. The zero-order chi connectivity index (χ0) is 15.1. The maximum absolute atomic E-state index is 11.6. The Hall–Kier alpha value is -2.34. The van der Waals surface area contributed by atoms with Crippen LogP contribution in [0.25, 0.3) is 0 Å². The van der Waals surface area contributed by atoms with Crippen molar-refractivity contribution in [3.63, 3.8) is 0 Å². The Morgan fingerprint density at radius 1 is 1.35 bits per heavy atom. The molecule has 0 spiro atoms. The smallest absolute Gasteiger partial charge is 0.328 e. The van der Waals surface area contributed by atoms with Crippen LogP contribution in [0.5, 0.6) is 5.75 Å². The third kappa shape index (κ3) is 5.11. The molecule has 0 aromatic heterocycles. The highest BCUT2D eigenvalue weighted by atomic mass is 16.5. The average molecular weight is 278 g/mol. The summed E-state index contributed by atoms with van der Waals surface area (Å²) in [6.45, 7) is 0.720. The number of carbonyl (C=O) groups excluding carboxylic acids is 1. The summed E-state index contributed by atoms with van der Waals surface area (Å²) in [5.41, 5.74) is 1.51. The standard InChI is InChI=1S/C14H18N2O4/c1-16(2)9-10-4-5-12(20-3)11(8-10)15-13(17)6-7-14(18)19/h4-8H,9H2,1-3H3,(H,15,17)(H,18,19)/b7-6+. The van der Waals surface area contributed by atoms with Crippen molar-refractivity contribution in [3.05, 3.63) is 35.9 Å². The molecule has 0 aliphatic rings. The molecule has 0 radical (unpaired) electrons. The van der Waals surface area contributed by atoms with Crippen LogP contribution in [0.1, 0.15) is 5.56 Å². The summed E-state index contributed by atoms with van der Waals surface area (Å²) in [5.74, 6) is -1.18. The number of methoxy groups -OCH3 is 1. The molecule has 1 aromatic rings. The van der Waals surface area contributed by atoms with Gasteiger partial charge < -0.3 is 20.1 Å². The highest BCUT2D eigenvalue weighted by Gasteiger charge is 2.07. The van der Waals surface area contributed by atoms with Crippen molar-refractivity contribution < 1.29 is 19.4 Å². The summed E-state index contributed by atoms with van der Waals surface area (Å²) in [7, 11) is 5.39. The van der Waals surface area contributed by atoms with Crippen LogP contribution in [0.2, 0.25) is 0 Å². The quantitative estimate of drug-likeness (QED) is 0.768. The van der Waals surface area contributed by atoms with Gasteiger partial charge >= 0.3 is 5.97 Å². The van der Waals surface area contributed by atoms with Crippen LogP contribution in [-0.2, 0) is 16.1 Å². The summed E-state index contributed by atoms with van der Waals surface area (Å²) < 4.78 is 5.16. The molecule has 1 aromatic carbocycles. The molecule has 0 bridgehead atoms. The Morgan fingerprint density at radius 3 is 2.60 bits per heavy atom. The molecule has 0 aliphatic carbocycles. The fourth-order valence-corrected chi connectivity index (χ4v) is 1.64. The molecule has 6 heteroatoms. The lowest BCUT2D eigenvalue weighted by molar-refractivity contribution is -0.131. The van der Waals surface area contributed by atoms with Crippen molar-refractivity contribution in [2.24, 2.45) is 0 Å². The van der Waals surface area contributed by atoms with Crippen molar-refractivity contribution in [1.82, 2.24) is 4.90 Å². The number of carbonyl (C=O) groups is 2. The maximum Gasteiger partial charge on any atom is 0.328 e. The Balaban J connectivity index is 2.90. The molecule has 0 saturated carbocycles. The number of ether oxygens (including phenoxy) is 1. The lowest BCUT2D eigenvalue weighted by Gasteiger charge is -2.13. The van der Waals surface area contributed by atoms with Gasteiger partial charge in [0.25, 0.3) is 0 Å². The van der Waals surface area contributed by atoms with Gasteiger partial charge in [0.05, 0.1) is 12.8 Å². The number of rotatable bonds is 6. The average Bonchev–Trinajstić information content (AvgIpc) is 2.36. The van der Waals surface area contributed by atoms with E-state index in [2.05, 4.69) is 5.32 Å². The maximum atomic E-state index is 11.6. The van der Waals surface area contributed by atoms with E-state index >= 15 is 0 Å². The molecular formula is C14H18N2O4. The largest absolute Gasteiger partial charge is 0.495 e. The van der Waals surface area contributed by atoms with E-state index in [1.807, 2.05) is 25.1 Å². The Labute approximate surface area is 117 Å². The van der Waals surface area contributed by atoms with Crippen LogP contribution >= 0.6 is 0 Å². The van der Waals surface area contributed by atoms with Crippen molar-refractivity contribution >= 4 is 17.6 Å². The number of amides is 1. The van der Waals surface area contributed by atoms with Gasteiger partial charge in [-0.15, -0.1) is 0 Å². The van der Waals surface area contributed by atoms with Crippen LogP contribution in [0.3, 0.4) is 0 Å². The van der Waals surface area contributed by atoms with Crippen LogP contribution in [0, 0.1) is 0 Å². The van der Waals surface area contributed by atoms with E-state index in [4.69, 9.17) is 9.84 Å². The topological polar surface area (TPSA) is 78.9 Å². The van der Waals surface area contributed by atoms with Crippen molar-refractivity contribution in [2.75, 3.05) is 26.5 Å². The number of benzene rings is 1. The third-order valence-corrected chi connectivity index (χ3v) is 2.40. The number of nitrogens with zero attached hydrogens (tertiary/aromatic N) is 1. The van der Waals surface area contributed by atoms with Crippen molar-refractivity contribution in [1.29, 1.82) is 0 Å². The van der Waals surface area contributed by atoms with E-state index in [0.717, 1.165) is 24.3 Å². The normalized spacial score (nSPS) is 10.8. The molecule has 20 heavy (non-hydrogen) atoms. The number of aliphatic carboxylic acids is 1. The molecule has 0 unspecified atom stereocenters. The number of hydrogen-bond donors (Lipinski definition) is 2. The fourth-order valence-electron chi connectivity index (χ4n) is 1.64. The zero-order valence-electron chi connectivity index (χ0n) is 11.7. The van der Waals surface area contributed by atoms with Crippen molar-refractivity contribution in [3.8, 4) is 5.75 Å². The van der Waals surface area contributed by atoms with E-state index < -0.39 is 11.9 Å². The molecule has 0 fully saturated rings. The van der Waals surface area contributed by atoms with Gasteiger partial charge in [-0.1, -0.05) is 6.07 Å². The second-order valence-corrected chi connectivity index (χ2v) is 4.43. The Kier molecular flexibility index (Phi) is 5.74. The van der Waals surface area contributed by atoms with E-state index in [-0.39, 0.29) is 0 Å². The summed E-state index contributed by atoms with van der Waals surface area (Å²) in [6, 6.07) is 5.46. The first kappa shape index (κ1) is 15.7. The predicted molar refractivity (Wildman–Crippen MR) is 75.8 cm³/mol. The predicted octanol–water partition coefficient (Wildman–Crippen LogP) is 1.34.